The van der Waals surface area contributed by atoms with Crippen molar-refractivity contribution in [1.82, 2.24) is 0 Å². The highest BCUT2D eigenvalue weighted by Gasteiger charge is 2.37. The van der Waals surface area contributed by atoms with E-state index in [4.69, 9.17) is 4.74 Å². The van der Waals surface area contributed by atoms with Gasteiger partial charge in [-0.15, -0.1) is 0 Å². The zero-order valence-electron chi connectivity index (χ0n) is 15.3. The first-order valence-electron chi connectivity index (χ1n) is 8.52. The molecule has 2 aromatic rings. The maximum absolute atomic E-state index is 13.9. The van der Waals surface area contributed by atoms with Gasteiger partial charge in [-0.1, -0.05) is 12.1 Å². The van der Waals surface area contributed by atoms with Gasteiger partial charge < -0.3 is 9.64 Å². The number of hydrogen-bond donors (Lipinski definition) is 1. The number of nitrogens with one attached hydrogen (secondary N) is 1. The molecule has 0 radical (unpaired) electrons. The van der Waals surface area contributed by atoms with Crippen LogP contribution in [0.25, 0.3) is 0 Å². The van der Waals surface area contributed by atoms with Gasteiger partial charge >= 0.3 is 0 Å². The molecule has 2 aromatic carbocycles. The van der Waals surface area contributed by atoms with Crippen LogP contribution in [0.15, 0.2) is 47.4 Å². The molecule has 0 bridgehead atoms. The van der Waals surface area contributed by atoms with Crippen molar-refractivity contribution in [1.29, 1.82) is 0 Å². The highest BCUT2D eigenvalue weighted by molar-refractivity contribution is 7.92. The maximum atomic E-state index is 13.9. The van der Waals surface area contributed by atoms with E-state index in [-0.39, 0.29) is 18.2 Å². The van der Waals surface area contributed by atoms with Crippen LogP contribution in [-0.2, 0) is 14.8 Å². The van der Waals surface area contributed by atoms with Crippen LogP contribution in [0.5, 0.6) is 5.75 Å². The number of ether oxygens (including phenoxy) is 1. The number of carbonyl (C=O) groups excluding carboxylic acids is 1. The molecule has 3 rings (SSSR count). The largest absolute Gasteiger partial charge is 0.490 e. The molecule has 0 saturated carbocycles. The minimum atomic E-state index is -4.09. The molecular formula is C19H21FN2O4S. The molecule has 1 heterocycles. The minimum Gasteiger partial charge on any atom is -0.490 e. The third kappa shape index (κ3) is 3.62. The van der Waals surface area contributed by atoms with Crippen LogP contribution in [0.4, 0.5) is 15.8 Å². The van der Waals surface area contributed by atoms with Gasteiger partial charge in [0.25, 0.3) is 10.0 Å². The van der Waals surface area contributed by atoms with Crippen molar-refractivity contribution in [3.05, 3.63) is 48.3 Å². The zero-order valence-corrected chi connectivity index (χ0v) is 16.1. The Bertz CT molecular complexity index is 989. The molecule has 0 fully saturated rings. The summed E-state index contributed by atoms with van der Waals surface area (Å²) >= 11 is 0. The van der Waals surface area contributed by atoms with Crippen LogP contribution in [0.3, 0.4) is 0 Å². The van der Waals surface area contributed by atoms with Crippen molar-refractivity contribution in [3.8, 4) is 5.75 Å². The highest BCUT2D eigenvalue weighted by Crippen LogP contribution is 2.38. The lowest BCUT2D eigenvalue weighted by Gasteiger charge is -2.26. The van der Waals surface area contributed by atoms with Crippen molar-refractivity contribution in [3.63, 3.8) is 0 Å². The Labute approximate surface area is 158 Å². The Morgan fingerprint density at radius 3 is 2.59 bits per heavy atom. The summed E-state index contributed by atoms with van der Waals surface area (Å²) in [7, 11) is -4.09. The predicted molar refractivity (Wildman–Crippen MR) is 101 cm³/mol. The van der Waals surface area contributed by atoms with Gasteiger partial charge in [0.15, 0.2) is 0 Å². The minimum absolute atomic E-state index is 0.0663. The summed E-state index contributed by atoms with van der Waals surface area (Å²) < 4.78 is 46.9. The third-order valence-corrected chi connectivity index (χ3v) is 5.77. The Morgan fingerprint density at radius 1 is 1.22 bits per heavy atom. The van der Waals surface area contributed by atoms with Crippen LogP contribution in [0, 0.1) is 11.2 Å². The molecule has 0 unspecified atom stereocenters. The van der Waals surface area contributed by atoms with E-state index in [0.717, 1.165) is 6.07 Å². The monoisotopic (exact) mass is 392 g/mol. The van der Waals surface area contributed by atoms with Gasteiger partial charge in [0.2, 0.25) is 5.91 Å². The molecule has 0 atom stereocenters. The molecule has 0 aromatic heterocycles. The number of fused-ring (bicyclic) bond motifs is 1. The molecule has 0 aliphatic carbocycles. The lowest BCUT2D eigenvalue weighted by atomic mass is 9.93. The topological polar surface area (TPSA) is 75.7 Å². The number of halogens is 1. The smallest absolute Gasteiger partial charge is 0.264 e. The van der Waals surface area contributed by atoms with Crippen molar-refractivity contribution in [2.75, 3.05) is 22.8 Å². The Kier molecular flexibility index (Phi) is 4.86. The Morgan fingerprint density at radius 2 is 1.93 bits per heavy atom. The number of hydrogen-bond acceptors (Lipinski definition) is 4. The van der Waals surface area contributed by atoms with Crippen LogP contribution >= 0.6 is 0 Å². The fraction of sp³-hybridized carbons (Fsp3) is 0.316. The standard InChI is InChI=1S/C19H21FN2O4S/c1-4-22-15-10-9-13(11-16(15)26-12-19(2,3)18(22)23)21-27(24,25)17-8-6-5-7-14(17)20/h5-11,21H,4,12H2,1-3H3. The number of nitrogens with zero attached hydrogens (tertiary/aromatic N) is 1. The molecule has 1 amide bonds. The van der Waals surface area contributed by atoms with Crippen LogP contribution in [0.2, 0.25) is 0 Å². The van der Waals surface area contributed by atoms with Gasteiger partial charge in [-0.25, -0.2) is 12.8 Å². The van der Waals surface area contributed by atoms with Crippen LogP contribution in [-0.4, -0.2) is 27.5 Å². The maximum Gasteiger partial charge on any atom is 0.264 e. The second-order valence-corrected chi connectivity index (χ2v) is 8.59. The van der Waals surface area contributed by atoms with Gasteiger partial charge in [-0.2, -0.15) is 0 Å². The fourth-order valence-electron chi connectivity index (χ4n) is 2.90. The zero-order chi connectivity index (χ0) is 19.8. The van der Waals surface area contributed by atoms with E-state index in [2.05, 4.69) is 4.72 Å². The Balaban J connectivity index is 1.97. The van der Waals surface area contributed by atoms with Crippen molar-refractivity contribution >= 4 is 27.3 Å². The van der Waals surface area contributed by atoms with E-state index in [1.807, 2.05) is 6.92 Å². The molecule has 27 heavy (non-hydrogen) atoms. The van der Waals surface area contributed by atoms with E-state index in [0.29, 0.717) is 18.0 Å². The first kappa shape index (κ1) is 19.2. The van der Waals surface area contributed by atoms with Gasteiger partial charge in [0.05, 0.1) is 16.8 Å². The van der Waals surface area contributed by atoms with E-state index < -0.39 is 26.2 Å². The van der Waals surface area contributed by atoms with Crippen LogP contribution < -0.4 is 14.4 Å². The van der Waals surface area contributed by atoms with Crippen molar-refractivity contribution < 1.29 is 22.3 Å². The molecule has 144 valence electrons. The van der Waals surface area contributed by atoms with E-state index in [1.54, 1.807) is 24.8 Å². The molecular weight excluding hydrogens is 371 g/mol. The van der Waals surface area contributed by atoms with Gasteiger partial charge in [-0.3, -0.25) is 9.52 Å². The van der Waals surface area contributed by atoms with Gasteiger partial charge in [0, 0.05) is 12.6 Å². The number of benzene rings is 2. The number of carbonyl (C=O) groups is 1. The van der Waals surface area contributed by atoms with E-state index in [1.165, 1.54) is 30.3 Å². The molecule has 6 nitrogen and oxygen atoms in total. The Hall–Kier alpha value is -2.61. The number of amides is 1. The second kappa shape index (κ2) is 6.84. The molecule has 1 aliphatic rings. The third-order valence-electron chi connectivity index (χ3n) is 4.36. The first-order valence-corrected chi connectivity index (χ1v) is 10.0. The first-order chi connectivity index (χ1) is 12.7. The normalized spacial score (nSPS) is 16.3. The summed E-state index contributed by atoms with van der Waals surface area (Å²) in [6.07, 6.45) is 0. The molecule has 0 saturated heterocycles. The second-order valence-electron chi connectivity index (χ2n) is 6.94. The number of anilines is 2. The number of sulfonamides is 1. The van der Waals surface area contributed by atoms with Crippen molar-refractivity contribution in [2.45, 2.75) is 25.7 Å². The van der Waals surface area contributed by atoms with Crippen molar-refractivity contribution in [2.24, 2.45) is 5.41 Å². The summed E-state index contributed by atoms with van der Waals surface area (Å²) in [5.74, 6) is -0.506. The summed E-state index contributed by atoms with van der Waals surface area (Å²) in [4.78, 5) is 13.9. The summed E-state index contributed by atoms with van der Waals surface area (Å²) in [5, 5.41) is 0. The predicted octanol–water partition coefficient (Wildman–Crippen LogP) is 3.40. The summed E-state index contributed by atoms with van der Waals surface area (Å²) in [5.41, 5.74) is 0.0872. The molecule has 1 aliphatic heterocycles. The SMILES string of the molecule is CCN1C(=O)C(C)(C)COc2cc(NS(=O)(=O)c3ccccc3F)ccc21. The average molecular weight is 392 g/mol. The summed E-state index contributed by atoms with van der Waals surface area (Å²) in [6, 6.07) is 9.80. The van der Waals surface area contributed by atoms with Gasteiger partial charge in [0.1, 0.15) is 23.1 Å². The quantitative estimate of drug-likeness (QED) is 0.865. The lowest BCUT2D eigenvalue weighted by Crippen LogP contribution is -2.42. The molecule has 0 spiro atoms. The lowest BCUT2D eigenvalue weighted by molar-refractivity contribution is -0.127. The average Bonchev–Trinajstić information content (AvgIpc) is 2.70. The molecule has 1 N–H and O–H groups in total. The highest BCUT2D eigenvalue weighted by atomic mass is 32.2. The van der Waals surface area contributed by atoms with E-state index >= 15 is 0 Å². The van der Waals surface area contributed by atoms with E-state index in [9.17, 15) is 17.6 Å². The fourth-order valence-corrected chi connectivity index (χ4v) is 4.03. The molecule has 8 heteroatoms. The number of rotatable bonds is 4. The van der Waals surface area contributed by atoms with Crippen LogP contribution in [0.1, 0.15) is 20.8 Å². The van der Waals surface area contributed by atoms with Gasteiger partial charge in [-0.05, 0) is 45.0 Å². The summed E-state index contributed by atoms with van der Waals surface area (Å²) in [6.45, 7) is 6.08.